The molecule has 0 amide bonds. The summed E-state index contributed by atoms with van der Waals surface area (Å²) in [6, 6.07) is 8.12. The van der Waals surface area contributed by atoms with Crippen LogP contribution in [0.15, 0.2) is 29.2 Å². The van der Waals surface area contributed by atoms with Crippen LogP contribution in [-0.4, -0.2) is 5.75 Å². The fourth-order valence-electron chi connectivity index (χ4n) is 1.32. The van der Waals surface area contributed by atoms with Gasteiger partial charge in [0, 0.05) is 10.6 Å². The lowest BCUT2D eigenvalue weighted by Gasteiger charge is -2.02. The van der Waals surface area contributed by atoms with E-state index in [1.54, 1.807) is 0 Å². The van der Waals surface area contributed by atoms with E-state index >= 15 is 0 Å². The predicted molar refractivity (Wildman–Crippen MR) is 65.7 cm³/mol. The first-order valence-electron chi connectivity index (χ1n) is 5.31. The molecule has 1 rings (SSSR count). The van der Waals surface area contributed by atoms with Crippen molar-refractivity contribution >= 4 is 17.4 Å². The summed E-state index contributed by atoms with van der Waals surface area (Å²) in [6.07, 6.45) is 5.33. The van der Waals surface area contributed by atoms with Crippen molar-refractivity contribution < 1.29 is 0 Å². The Balaban J connectivity index is 2.18. The molecule has 2 heteroatoms. The summed E-state index contributed by atoms with van der Waals surface area (Å²) >= 11 is 1.91. The summed E-state index contributed by atoms with van der Waals surface area (Å²) < 4.78 is 0. The Morgan fingerprint density at radius 1 is 1.21 bits per heavy atom. The third-order valence-electron chi connectivity index (χ3n) is 2.12. The highest BCUT2D eigenvalue weighted by molar-refractivity contribution is 7.99. The van der Waals surface area contributed by atoms with Crippen molar-refractivity contribution in [1.82, 2.24) is 0 Å². The average molecular weight is 209 g/mol. The van der Waals surface area contributed by atoms with Crippen LogP contribution in [0.3, 0.4) is 0 Å². The van der Waals surface area contributed by atoms with Gasteiger partial charge in [0.05, 0.1) is 0 Å². The van der Waals surface area contributed by atoms with Gasteiger partial charge in [-0.15, -0.1) is 11.8 Å². The van der Waals surface area contributed by atoms with Crippen LogP contribution < -0.4 is 5.73 Å². The zero-order valence-corrected chi connectivity index (χ0v) is 9.65. The molecule has 0 spiro atoms. The van der Waals surface area contributed by atoms with Crippen LogP contribution in [0.1, 0.15) is 32.6 Å². The first-order chi connectivity index (χ1) is 6.83. The monoisotopic (exact) mass is 209 g/mol. The summed E-state index contributed by atoms with van der Waals surface area (Å²) in [5.41, 5.74) is 6.56. The number of nitrogens with two attached hydrogens (primary N) is 1. The summed E-state index contributed by atoms with van der Waals surface area (Å²) in [6.45, 7) is 2.24. The molecule has 0 saturated carbocycles. The minimum absolute atomic E-state index is 0.864. The highest BCUT2D eigenvalue weighted by atomic mass is 32.2. The lowest BCUT2D eigenvalue weighted by molar-refractivity contribution is 0.706. The van der Waals surface area contributed by atoms with Crippen molar-refractivity contribution in [3.8, 4) is 0 Å². The molecule has 14 heavy (non-hydrogen) atoms. The molecule has 0 fully saturated rings. The van der Waals surface area contributed by atoms with Crippen molar-refractivity contribution in [2.45, 2.75) is 37.5 Å². The highest BCUT2D eigenvalue weighted by Crippen LogP contribution is 2.21. The van der Waals surface area contributed by atoms with Gasteiger partial charge in [0.15, 0.2) is 0 Å². The number of nitrogen functional groups attached to an aromatic ring is 1. The number of hydrogen-bond acceptors (Lipinski definition) is 2. The van der Waals surface area contributed by atoms with Crippen LogP contribution in [0.25, 0.3) is 0 Å². The SMILES string of the molecule is CCCCCCSc1cccc(N)c1. The van der Waals surface area contributed by atoms with Crippen molar-refractivity contribution in [2.24, 2.45) is 0 Å². The lowest BCUT2D eigenvalue weighted by atomic mass is 10.2. The molecular weight excluding hydrogens is 190 g/mol. The second-order valence-electron chi connectivity index (χ2n) is 3.48. The molecule has 0 aliphatic rings. The molecule has 2 N–H and O–H groups in total. The molecule has 0 unspecified atom stereocenters. The van der Waals surface area contributed by atoms with Crippen LogP contribution in [0.5, 0.6) is 0 Å². The Morgan fingerprint density at radius 2 is 2.07 bits per heavy atom. The third-order valence-corrected chi connectivity index (χ3v) is 3.20. The normalized spacial score (nSPS) is 10.4. The minimum atomic E-state index is 0.864. The van der Waals surface area contributed by atoms with E-state index in [0.717, 1.165) is 5.69 Å². The first-order valence-corrected chi connectivity index (χ1v) is 6.30. The highest BCUT2D eigenvalue weighted by Gasteiger charge is 1.94. The number of benzene rings is 1. The van der Waals surface area contributed by atoms with Gasteiger partial charge in [-0.3, -0.25) is 0 Å². The lowest BCUT2D eigenvalue weighted by Crippen LogP contribution is -1.85. The van der Waals surface area contributed by atoms with Gasteiger partial charge < -0.3 is 5.73 Å². The average Bonchev–Trinajstić information content (AvgIpc) is 2.18. The molecule has 78 valence electrons. The molecule has 0 heterocycles. The number of rotatable bonds is 6. The number of hydrogen-bond donors (Lipinski definition) is 1. The van der Waals surface area contributed by atoms with Gasteiger partial charge in [-0.05, 0) is 30.4 Å². The van der Waals surface area contributed by atoms with E-state index in [2.05, 4.69) is 13.0 Å². The smallest absolute Gasteiger partial charge is 0.0325 e. The van der Waals surface area contributed by atoms with E-state index in [-0.39, 0.29) is 0 Å². The molecule has 1 aromatic rings. The van der Waals surface area contributed by atoms with Gasteiger partial charge in [0.2, 0.25) is 0 Å². The fourth-order valence-corrected chi connectivity index (χ4v) is 2.30. The maximum atomic E-state index is 5.70. The zero-order chi connectivity index (χ0) is 10.2. The standard InChI is InChI=1S/C12H19NS/c1-2-3-4-5-9-14-12-8-6-7-11(13)10-12/h6-8,10H,2-5,9,13H2,1H3. The van der Waals surface area contributed by atoms with Gasteiger partial charge in [-0.2, -0.15) is 0 Å². The Hall–Kier alpha value is -0.630. The van der Waals surface area contributed by atoms with Gasteiger partial charge in [-0.1, -0.05) is 32.3 Å². The quantitative estimate of drug-likeness (QED) is 0.436. The van der Waals surface area contributed by atoms with Crippen LogP contribution in [0, 0.1) is 0 Å². The van der Waals surface area contributed by atoms with E-state index in [4.69, 9.17) is 5.73 Å². The van der Waals surface area contributed by atoms with Crippen molar-refractivity contribution in [3.63, 3.8) is 0 Å². The van der Waals surface area contributed by atoms with Crippen LogP contribution in [-0.2, 0) is 0 Å². The van der Waals surface area contributed by atoms with Gasteiger partial charge >= 0.3 is 0 Å². The molecule has 0 atom stereocenters. The van der Waals surface area contributed by atoms with E-state index in [0.29, 0.717) is 0 Å². The van der Waals surface area contributed by atoms with Crippen LogP contribution in [0.4, 0.5) is 5.69 Å². The molecule has 0 aliphatic heterocycles. The second kappa shape index (κ2) is 6.77. The largest absolute Gasteiger partial charge is 0.399 e. The number of unbranched alkanes of at least 4 members (excludes halogenated alkanes) is 3. The molecule has 0 aromatic heterocycles. The molecule has 1 aromatic carbocycles. The van der Waals surface area contributed by atoms with Crippen LogP contribution in [0.2, 0.25) is 0 Å². The Kier molecular flexibility index (Phi) is 5.53. The third kappa shape index (κ3) is 4.56. The molecule has 0 saturated heterocycles. The number of anilines is 1. The summed E-state index contributed by atoms with van der Waals surface area (Å²) in [5, 5.41) is 0. The number of thioether (sulfide) groups is 1. The minimum Gasteiger partial charge on any atom is -0.399 e. The van der Waals surface area contributed by atoms with Gasteiger partial charge in [0.1, 0.15) is 0 Å². The maximum Gasteiger partial charge on any atom is 0.0325 e. The summed E-state index contributed by atoms with van der Waals surface area (Å²) in [4.78, 5) is 1.29. The van der Waals surface area contributed by atoms with Gasteiger partial charge in [0.25, 0.3) is 0 Å². The summed E-state index contributed by atoms with van der Waals surface area (Å²) in [7, 11) is 0. The summed E-state index contributed by atoms with van der Waals surface area (Å²) in [5.74, 6) is 1.21. The second-order valence-corrected chi connectivity index (χ2v) is 4.65. The Bertz CT molecular complexity index is 260. The predicted octanol–water partition coefficient (Wildman–Crippen LogP) is 3.94. The van der Waals surface area contributed by atoms with Crippen molar-refractivity contribution in [3.05, 3.63) is 24.3 Å². The molecule has 0 bridgehead atoms. The Labute approximate surface area is 91.1 Å². The topological polar surface area (TPSA) is 26.0 Å². The van der Waals surface area contributed by atoms with Crippen molar-refractivity contribution in [1.29, 1.82) is 0 Å². The zero-order valence-electron chi connectivity index (χ0n) is 8.83. The van der Waals surface area contributed by atoms with Crippen LogP contribution >= 0.6 is 11.8 Å². The van der Waals surface area contributed by atoms with E-state index in [1.807, 2.05) is 30.0 Å². The molecule has 1 nitrogen and oxygen atoms in total. The Morgan fingerprint density at radius 3 is 2.79 bits per heavy atom. The van der Waals surface area contributed by atoms with E-state index in [1.165, 1.54) is 36.3 Å². The maximum absolute atomic E-state index is 5.70. The van der Waals surface area contributed by atoms with Crippen molar-refractivity contribution in [2.75, 3.05) is 11.5 Å². The van der Waals surface area contributed by atoms with E-state index in [9.17, 15) is 0 Å². The molecular formula is C12H19NS. The molecule has 0 radical (unpaired) electrons. The molecule has 0 aliphatic carbocycles. The first kappa shape index (κ1) is 11.4. The van der Waals surface area contributed by atoms with E-state index < -0.39 is 0 Å². The fraction of sp³-hybridized carbons (Fsp3) is 0.500. The van der Waals surface area contributed by atoms with Gasteiger partial charge in [-0.25, -0.2) is 0 Å².